The fraction of sp³-hybridized carbons (Fsp3) is 0.600. The lowest BCUT2D eigenvalue weighted by Gasteiger charge is -2.21. The van der Waals surface area contributed by atoms with Gasteiger partial charge in [0.05, 0.1) is 19.8 Å². The van der Waals surface area contributed by atoms with Crippen molar-refractivity contribution in [3.05, 3.63) is 29.3 Å². The highest BCUT2D eigenvalue weighted by atomic mass is 16.5. The van der Waals surface area contributed by atoms with Crippen LogP contribution in [0.5, 0.6) is 5.75 Å². The third-order valence-electron chi connectivity index (χ3n) is 3.50. The zero-order valence-electron chi connectivity index (χ0n) is 11.8. The SMILES string of the molecule is COc1ccc(C(C)O)cc1CN1CCCOCC1. The normalized spacial score (nSPS) is 18.9. The summed E-state index contributed by atoms with van der Waals surface area (Å²) in [5.74, 6) is 0.884. The van der Waals surface area contributed by atoms with Gasteiger partial charge in [0.25, 0.3) is 0 Å². The molecule has 1 fully saturated rings. The maximum Gasteiger partial charge on any atom is 0.123 e. The van der Waals surface area contributed by atoms with Crippen LogP contribution in [-0.2, 0) is 11.3 Å². The quantitative estimate of drug-likeness (QED) is 0.904. The number of aliphatic hydroxyl groups excluding tert-OH is 1. The zero-order chi connectivity index (χ0) is 13.7. The molecule has 0 saturated carbocycles. The lowest BCUT2D eigenvalue weighted by molar-refractivity contribution is 0.140. The van der Waals surface area contributed by atoms with Crippen molar-refractivity contribution in [1.29, 1.82) is 0 Å². The maximum absolute atomic E-state index is 9.69. The average molecular weight is 265 g/mol. The Bertz CT molecular complexity index is 398. The summed E-state index contributed by atoms with van der Waals surface area (Å²) >= 11 is 0. The summed E-state index contributed by atoms with van der Waals surface area (Å²) in [6.45, 7) is 6.25. The van der Waals surface area contributed by atoms with Gasteiger partial charge in [-0.05, 0) is 31.0 Å². The van der Waals surface area contributed by atoms with Gasteiger partial charge in [-0.15, -0.1) is 0 Å². The Morgan fingerprint density at radius 1 is 1.37 bits per heavy atom. The molecular formula is C15H23NO3. The minimum atomic E-state index is -0.447. The lowest BCUT2D eigenvalue weighted by atomic mass is 10.1. The highest BCUT2D eigenvalue weighted by molar-refractivity contribution is 5.38. The summed E-state index contributed by atoms with van der Waals surface area (Å²) in [5.41, 5.74) is 2.06. The second-order valence-electron chi connectivity index (χ2n) is 4.99. The van der Waals surface area contributed by atoms with Crippen molar-refractivity contribution in [2.45, 2.75) is 26.0 Å². The molecule has 4 heteroatoms. The van der Waals surface area contributed by atoms with Crippen molar-refractivity contribution >= 4 is 0 Å². The molecule has 1 saturated heterocycles. The summed E-state index contributed by atoms with van der Waals surface area (Å²) in [6.07, 6.45) is 0.621. The predicted molar refractivity (Wildman–Crippen MR) is 74.3 cm³/mol. The van der Waals surface area contributed by atoms with Crippen LogP contribution in [0, 0.1) is 0 Å². The first kappa shape index (κ1) is 14.3. The van der Waals surface area contributed by atoms with E-state index in [9.17, 15) is 5.11 Å². The second-order valence-corrected chi connectivity index (χ2v) is 4.99. The van der Waals surface area contributed by atoms with Crippen LogP contribution >= 0.6 is 0 Å². The van der Waals surface area contributed by atoms with Gasteiger partial charge in [-0.25, -0.2) is 0 Å². The van der Waals surface area contributed by atoms with Gasteiger partial charge >= 0.3 is 0 Å². The molecular weight excluding hydrogens is 242 g/mol. The Balaban J connectivity index is 2.14. The van der Waals surface area contributed by atoms with Crippen LogP contribution in [0.25, 0.3) is 0 Å². The molecule has 1 aromatic rings. The molecule has 4 nitrogen and oxygen atoms in total. The molecule has 0 amide bonds. The molecule has 19 heavy (non-hydrogen) atoms. The van der Waals surface area contributed by atoms with Crippen LogP contribution in [0.1, 0.15) is 30.6 Å². The summed E-state index contributed by atoms with van der Waals surface area (Å²) < 4.78 is 10.9. The van der Waals surface area contributed by atoms with Gasteiger partial charge < -0.3 is 14.6 Å². The molecule has 1 N–H and O–H groups in total. The summed E-state index contributed by atoms with van der Waals surface area (Å²) in [4.78, 5) is 2.37. The molecule has 1 aliphatic rings. The van der Waals surface area contributed by atoms with Crippen molar-refractivity contribution in [1.82, 2.24) is 4.90 Å². The minimum absolute atomic E-state index is 0.447. The molecule has 106 valence electrons. The first-order valence-corrected chi connectivity index (χ1v) is 6.85. The van der Waals surface area contributed by atoms with E-state index in [1.807, 2.05) is 18.2 Å². The number of hydrogen-bond acceptors (Lipinski definition) is 4. The van der Waals surface area contributed by atoms with Crippen LogP contribution in [0.15, 0.2) is 18.2 Å². The Morgan fingerprint density at radius 2 is 2.21 bits per heavy atom. The van der Waals surface area contributed by atoms with Gasteiger partial charge in [-0.1, -0.05) is 6.07 Å². The highest BCUT2D eigenvalue weighted by Crippen LogP contribution is 2.25. The molecule has 0 aromatic heterocycles. The number of nitrogens with zero attached hydrogens (tertiary/aromatic N) is 1. The van der Waals surface area contributed by atoms with Crippen molar-refractivity contribution in [3.63, 3.8) is 0 Å². The number of rotatable bonds is 4. The lowest BCUT2D eigenvalue weighted by Crippen LogP contribution is -2.26. The zero-order valence-corrected chi connectivity index (χ0v) is 11.8. The monoisotopic (exact) mass is 265 g/mol. The summed E-state index contributed by atoms with van der Waals surface area (Å²) in [6, 6.07) is 5.89. The van der Waals surface area contributed by atoms with E-state index in [4.69, 9.17) is 9.47 Å². The van der Waals surface area contributed by atoms with Crippen LogP contribution < -0.4 is 4.74 Å². The van der Waals surface area contributed by atoms with E-state index in [2.05, 4.69) is 4.90 Å². The third-order valence-corrected chi connectivity index (χ3v) is 3.50. The molecule has 1 aromatic carbocycles. The Hall–Kier alpha value is -1.10. The average Bonchev–Trinajstić information content (AvgIpc) is 2.67. The Morgan fingerprint density at radius 3 is 2.95 bits per heavy atom. The van der Waals surface area contributed by atoms with Gasteiger partial charge in [0, 0.05) is 31.8 Å². The van der Waals surface area contributed by atoms with E-state index in [1.165, 1.54) is 0 Å². The van der Waals surface area contributed by atoms with Crippen LogP contribution in [-0.4, -0.2) is 43.4 Å². The second kappa shape index (κ2) is 6.89. The number of ether oxygens (including phenoxy) is 2. The van der Waals surface area contributed by atoms with E-state index in [1.54, 1.807) is 14.0 Å². The van der Waals surface area contributed by atoms with Crippen LogP contribution in [0.4, 0.5) is 0 Å². The fourth-order valence-corrected chi connectivity index (χ4v) is 2.38. The first-order valence-electron chi connectivity index (χ1n) is 6.85. The summed E-state index contributed by atoms with van der Waals surface area (Å²) in [5, 5.41) is 9.69. The number of methoxy groups -OCH3 is 1. The molecule has 0 radical (unpaired) electrons. The van der Waals surface area contributed by atoms with Crippen LogP contribution in [0.3, 0.4) is 0 Å². The molecule has 1 aliphatic heterocycles. The number of hydrogen-bond donors (Lipinski definition) is 1. The first-order chi connectivity index (χ1) is 9.20. The van der Waals surface area contributed by atoms with Gasteiger partial charge in [-0.2, -0.15) is 0 Å². The predicted octanol–water partition coefficient (Wildman–Crippen LogP) is 1.97. The molecule has 0 aliphatic carbocycles. The molecule has 1 unspecified atom stereocenters. The van der Waals surface area contributed by atoms with Gasteiger partial charge in [0.15, 0.2) is 0 Å². The maximum atomic E-state index is 9.69. The van der Waals surface area contributed by atoms with Gasteiger partial charge in [-0.3, -0.25) is 4.90 Å². The third kappa shape index (κ3) is 3.93. The van der Waals surface area contributed by atoms with E-state index in [0.717, 1.165) is 56.1 Å². The van der Waals surface area contributed by atoms with E-state index >= 15 is 0 Å². The topological polar surface area (TPSA) is 41.9 Å². The van der Waals surface area contributed by atoms with Crippen molar-refractivity contribution in [2.24, 2.45) is 0 Å². The molecule has 2 rings (SSSR count). The van der Waals surface area contributed by atoms with E-state index in [0.29, 0.717) is 0 Å². The van der Waals surface area contributed by atoms with Gasteiger partial charge in [0.2, 0.25) is 0 Å². The standard InChI is InChI=1S/C15H23NO3/c1-12(17)13-4-5-15(18-2)14(10-13)11-16-6-3-8-19-9-7-16/h4-5,10,12,17H,3,6-9,11H2,1-2H3. The van der Waals surface area contributed by atoms with Crippen molar-refractivity contribution in [3.8, 4) is 5.75 Å². The molecule has 1 heterocycles. The largest absolute Gasteiger partial charge is 0.496 e. The van der Waals surface area contributed by atoms with E-state index < -0.39 is 6.10 Å². The highest BCUT2D eigenvalue weighted by Gasteiger charge is 2.14. The molecule has 1 atom stereocenters. The smallest absolute Gasteiger partial charge is 0.123 e. The molecule has 0 spiro atoms. The fourth-order valence-electron chi connectivity index (χ4n) is 2.38. The Labute approximate surface area is 114 Å². The summed E-state index contributed by atoms with van der Waals surface area (Å²) in [7, 11) is 1.69. The van der Waals surface area contributed by atoms with Crippen LogP contribution in [0.2, 0.25) is 0 Å². The Kier molecular flexibility index (Phi) is 5.19. The van der Waals surface area contributed by atoms with Crippen molar-refractivity contribution in [2.75, 3.05) is 33.4 Å². The minimum Gasteiger partial charge on any atom is -0.496 e. The van der Waals surface area contributed by atoms with Crippen molar-refractivity contribution < 1.29 is 14.6 Å². The molecule has 0 bridgehead atoms. The number of aliphatic hydroxyl groups is 1. The van der Waals surface area contributed by atoms with E-state index in [-0.39, 0.29) is 0 Å². The number of benzene rings is 1. The van der Waals surface area contributed by atoms with Gasteiger partial charge in [0.1, 0.15) is 5.75 Å².